The van der Waals surface area contributed by atoms with Crippen molar-refractivity contribution in [3.63, 3.8) is 0 Å². The highest BCUT2D eigenvalue weighted by Crippen LogP contribution is 2.24. The standard InChI is InChI=1S/C12H24N2O2/c1-13(2)12(16)7-9-14(8-4-10-15)11-5-3-6-11/h11,15H,3-10H2,1-2H3. The normalized spacial score (nSPS) is 16.2. The summed E-state index contributed by atoms with van der Waals surface area (Å²) in [6, 6.07) is 0.654. The number of aliphatic hydroxyl groups excluding tert-OH is 1. The van der Waals surface area contributed by atoms with Crippen LogP contribution in [0.4, 0.5) is 0 Å². The van der Waals surface area contributed by atoms with E-state index in [1.54, 1.807) is 19.0 Å². The first-order chi connectivity index (χ1) is 7.65. The van der Waals surface area contributed by atoms with Gasteiger partial charge in [0.1, 0.15) is 0 Å². The van der Waals surface area contributed by atoms with Gasteiger partial charge in [0.2, 0.25) is 5.91 Å². The van der Waals surface area contributed by atoms with Gasteiger partial charge in [0, 0.05) is 46.3 Å². The smallest absolute Gasteiger partial charge is 0.223 e. The Balaban J connectivity index is 2.28. The number of aliphatic hydroxyl groups is 1. The topological polar surface area (TPSA) is 43.8 Å². The Labute approximate surface area is 98.2 Å². The molecular weight excluding hydrogens is 204 g/mol. The van der Waals surface area contributed by atoms with Crippen molar-refractivity contribution in [2.75, 3.05) is 33.8 Å². The molecule has 0 spiro atoms. The van der Waals surface area contributed by atoms with E-state index in [-0.39, 0.29) is 12.5 Å². The molecule has 1 rings (SSSR count). The van der Waals surface area contributed by atoms with Crippen LogP contribution in [0.15, 0.2) is 0 Å². The fourth-order valence-electron chi connectivity index (χ4n) is 1.97. The molecular formula is C12H24N2O2. The van der Waals surface area contributed by atoms with Gasteiger partial charge in [0.15, 0.2) is 0 Å². The zero-order valence-electron chi connectivity index (χ0n) is 10.5. The number of hydrogen-bond donors (Lipinski definition) is 1. The Bertz CT molecular complexity index is 215. The molecule has 1 aliphatic rings. The van der Waals surface area contributed by atoms with Crippen molar-refractivity contribution in [2.24, 2.45) is 0 Å². The maximum absolute atomic E-state index is 11.5. The average molecular weight is 228 g/mol. The molecule has 0 aliphatic heterocycles. The second-order valence-corrected chi connectivity index (χ2v) is 4.74. The highest BCUT2D eigenvalue weighted by molar-refractivity contribution is 5.75. The monoisotopic (exact) mass is 228 g/mol. The molecule has 4 nitrogen and oxygen atoms in total. The lowest BCUT2D eigenvalue weighted by atomic mass is 9.91. The summed E-state index contributed by atoms with van der Waals surface area (Å²) in [7, 11) is 3.59. The maximum atomic E-state index is 11.5. The molecule has 0 unspecified atom stereocenters. The van der Waals surface area contributed by atoms with Crippen molar-refractivity contribution in [3.05, 3.63) is 0 Å². The molecule has 0 aromatic heterocycles. The lowest BCUT2D eigenvalue weighted by Gasteiger charge is -2.37. The van der Waals surface area contributed by atoms with Crippen molar-refractivity contribution in [2.45, 2.75) is 38.1 Å². The summed E-state index contributed by atoms with van der Waals surface area (Å²) in [6.07, 6.45) is 5.21. The molecule has 1 amide bonds. The van der Waals surface area contributed by atoms with E-state index in [9.17, 15) is 4.79 Å². The number of nitrogens with zero attached hydrogens (tertiary/aromatic N) is 2. The first-order valence-electron chi connectivity index (χ1n) is 6.20. The third-order valence-electron chi connectivity index (χ3n) is 3.31. The van der Waals surface area contributed by atoms with Crippen LogP contribution in [0.1, 0.15) is 32.1 Å². The summed E-state index contributed by atoms with van der Waals surface area (Å²) in [5, 5.41) is 8.85. The van der Waals surface area contributed by atoms with Gasteiger partial charge in [-0.2, -0.15) is 0 Å². The van der Waals surface area contributed by atoms with Crippen molar-refractivity contribution in [3.8, 4) is 0 Å². The van der Waals surface area contributed by atoms with Gasteiger partial charge in [-0.3, -0.25) is 9.69 Å². The quantitative estimate of drug-likeness (QED) is 0.697. The SMILES string of the molecule is CN(C)C(=O)CCN(CCCO)C1CCC1. The van der Waals surface area contributed by atoms with Crippen LogP contribution in [-0.4, -0.2) is 60.6 Å². The first-order valence-corrected chi connectivity index (χ1v) is 6.20. The van der Waals surface area contributed by atoms with Crippen LogP contribution in [0.2, 0.25) is 0 Å². The molecule has 4 heteroatoms. The van der Waals surface area contributed by atoms with E-state index in [1.807, 2.05) is 0 Å². The number of carbonyl (C=O) groups is 1. The predicted molar refractivity (Wildman–Crippen MR) is 64.2 cm³/mol. The van der Waals surface area contributed by atoms with E-state index in [0.29, 0.717) is 12.5 Å². The molecule has 1 saturated carbocycles. The van der Waals surface area contributed by atoms with Gasteiger partial charge in [-0.15, -0.1) is 0 Å². The van der Waals surface area contributed by atoms with E-state index in [1.165, 1.54) is 19.3 Å². The summed E-state index contributed by atoms with van der Waals surface area (Å²) in [5.41, 5.74) is 0. The van der Waals surface area contributed by atoms with Crippen molar-refractivity contribution in [1.29, 1.82) is 0 Å². The summed E-state index contributed by atoms with van der Waals surface area (Å²) in [4.78, 5) is 15.5. The highest BCUT2D eigenvalue weighted by atomic mass is 16.3. The van der Waals surface area contributed by atoms with Gasteiger partial charge in [-0.1, -0.05) is 6.42 Å². The zero-order valence-corrected chi connectivity index (χ0v) is 10.5. The number of rotatable bonds is 7. The fourth-order valence-corrected chi connectivity index (χ4v) is 1.97. The number of amides is 1. The van der Waals surface area contributed by atoms with E-state index < -0.39 is 0 Å². The van der Waals surface area contributed by atoms with Crippen LogP contribution < -0.4 is 0 Å². The molecule has 0 bridgehead atoms. The average Bonchev–Trinajstić information content (AvgIpc) is 2.18. The van der Waals surface area contributed by atoms with Crippen LogP contribution in [-0.2, 0) is 4.79 Å². The molecule has 0 radical (unpaired) electrons. The molecule has 1 aliphatic carbocycles. The molecule has 0 heterocycles. The van der Waals surface area contributed by atoms with Crippen LogP contribution in [0.3, 0.4) is 0 Å². The lowest BCUT2D eigenvalue weighted by molar-refractivity contribution is -0.129. The summed E-state index contributed by atoms with van der Waals surface area (Å²) in [6.45, 7) is 1.99. The second-order valence-electron chi connectivity index (χ2n) is 4.74. The van der Waals surface area contributed by atoms with E-state index in [2.05, 4.69) is 4.90 Å². The maximum Gasteiger partial charge on any atom is 0.223 e. The van der Waals surface area contributed by atoms with Gasteiger partial charge < -0.3 is 10.0 Å². The molecule has 94 valence electrons. The third kappa shape index (κ3) is 4.10. The lowest BCUT2D eigenvalue weighted by Crippen LogP contribution is -2.42. The van der Waals surface area contributed by atoms with Gasteiger partial charge in [0.25, 0.3) is 0 Å². The Morgan fingerprint density at radius 1 is 1.31 bits per heavy atom. The van der Waals surface area contributed by atoms with E-state index in [0.717, 1.165) is 19.5 Å². The number of carbonyl (C=O) groups excluding carboxylic acids is 1. The molecule has 1 fully saturated rings. The van der Waals surface area contributed by atoms with E-state index >= 15 is 0 Å². The summed E-state index contributed by atoms with van der Waals surface area (Å²) in [5.74, 6) is 0.188. The minimum Gasteiger partial charge on any atom is -0.396 e. The van der Waals surface area contributed by atoms with Gasteiger partial charge in [0.05, 0.1) is 0 Å². The Morgan fingerprint density at radius 2 is 2.00 bits per heavy atom. The summed E-state index contributed by atoms with van der Waals surface area (Å²) < 4.78 is 0. The third-order valence-corrected chi connectivity index (χ3v) is 3.31. The van der Waals surface area contributed by atoms with Crippen molar-refractivity contribution in [1.82, 2.24) is 9.80 Å². The van der Waals surface area contributed by atoms with E-state index in [4.69, 9.17) is 5.11 Å². The van der Waals surface area contributed by atoms with Crippen molar-refractivity contribution >= 4 is 5.91 Å². The summed E-state index contributed by atoms with van der Waals surface area (Å²) >= 11 is 0. The van der Waals surface area contributed by atoms with Crippen LogP contribution in [0.5, 0.6) is 0 Å². The molecule has 1 N–H and O–H groups in total. The van der Waals surface area contributed by atoms with Gasteiger partial charge in [-0.25, -0.2) is 0 Å². The number of hydrogen-bond acceptors (Lipinski definition) is 3. The minimum absolute atomic E-state index is 0.188. The van der Waals surface area contributed by atoms with Crippen LogP contribution in [0, 0.1) is 0 Å². The van der Waals surface area contributed by atoms with Crippen LogP contribution in [0.25, 0.3) is 0 Å². The first kappa shape index (κ1) is 13.5. The predicted octanol–water partition coefficient (Wildman–Crippen LogP) is 0.702. The second kappa shape index (κ2) is 6.86. The Hall–Kier alpha value is -0.610. The molecule has 0 aromatic rings. The molecule has 0 saturated heterocycles. The molecule has 0 atom stereocenters. The van der Waals surface area contributed by atoms with Crippen molar-refractivity contribution < 1.29 is 9.90 Å². The highest BCUT2D eigenvalue weighted by Gasteiger charge is 2.24. The Morgan fingerprint density at radius 3 is 2.44 bits per heavy atom. The fraction of sp³-hybridized carbons (Fsp3) is 0.917. The Kier molecular flexibility index (Phi) is 5.77. The van der Waals surface area contributed by atoms with Crippen LogP contribution >= 0.6 is 0 Å². The van der Waals surface area contributed by atoms with Gasteiger partial charge in [-0.05, 0) is 19.3 Å². The zero-order chi connectivity index (χ0) is 12.0. The minimum atomic E-state index is 0.188. The van der Waals surface area contributed by atoms with Gasteiger partial charge >= 0.3 is 0 Å². The molecule has 0 aromatic carbocycles. The largest absolute Gasteiger partial charge is 0.396 e. The molecule has 16 heavy (non-hydrogen) atoms.